The zero-order valence-corrected chi connectivity index (χ0v) is 29.3. The Kier molecular flexibility index (Phi) is 14.3. The molecule has 1 fully saturated rings. The predicted molar refractivity (Wildman–Crippen MR) is 189 cm³/mol. The molecule has 4 atom stereocenters. The number of methoxy groups -OCH3 is 1. The van der Waals surface area contributed by atoms with E-state index in [1.54, 1.807) is 7.11 Å². The average molecular weight is 599 g/mol. The van der Waals surface area contributed by atoms with Gasteiger partial charge in [-0.2, -0.15) is 0 Å². The monoisotopic (exact) mass is 598 g/mol. The fourth-order valence-corrected chi connectivity index (χ4v) is 6.48. The molecule has 0 aromatic heterocycles. The lowest BCUT2D eigenvalue weighted by Gasteiger charge is -2.43. The Bertz CT molecular complexity index is 1310. The Hall–Kier alpha value is -3.01. The van der Waals surface area contributed by atoms with Crippen LogP contribution >= 0.6 is 0 Å². The van der Waals surface area contributed by atoms with Crippen LogP contribution in [0.1, 0.15) is 88.5 Å². The topological polar surface area (TPSA) is 46.5 Å². The molecule has 2 rings (SSSR count). The largest absolute Gasteiger partial charge is 0.393 e. The van der Waals surface area contributed by atoms with E-state index in [9.17, 15) is 9.90 Å². The molecule has 0 heterocycles. The van der Waals surface area contributed by atoms with Gasteiger partial charge in [0.05, 0.1) is 6.10 Å². The molecule has 0 aromatic rings. The van der Waals surface area contributed by atoms with Crippen molar-refractivity contribution in [1.82, 2.24) is 0 Å². The summed E-state index contributed by atoms with van der Waals surface area (Å²) in [5.74, 6) is 0.360. The van der Waals surface area contributed by atoms with Crippen molar-refractivity contribution in [3.8, 4) is 0 Å². The summed E-state index contributed by atoms with van der Waals surface area (Å²) in [7, 11) is 1.63. The number of Topliss-reactive ketones (excluding diaryl/α,β-unsaturated/α-hetero) is 1. The number of carbonyl (C=O) groups excluding carboxylic acids is 1. The Morgan fingerprint density at radius 2 is 1.30 bits per heavy atom. The highest BCUT2D eigenvalue weighted by atomic mass is 16.5. The van der Waals surface area contributed by atoms with Crippen LogP contribution in [0.15, 0.2) is 119 Å². The highest BCUT2D eigenvalue weighted by molar-refractivity contribution is 5.86. The van der Waals surface area contributed by atoms with Gasteiger partial charge in [0, 0.05) is 13.0 Å². The summed E-state index contributed by atoms with van der Waals surface area (Å²) >= 11 is 0. The lowest BCUT2D eigenvalue weighted by Crippen LogP contribution is -2.46. The smallest absolute Gasteiger partial charge is 0.164 e. The zero-order valence-electron chi connectivity index (χ0n) is 29.3. The molecule has 1 saturated carbocycles. The summed E-state index contributed by atoms with van der Waals surface area (Å²) in [6.45, 7) is 21.5. The molecule has 240 valence electrons. The maximum Gasteiger partial charge on any atom is 0.164 e. The van der Waals surface area contributed by atoms with Gasteiger partial charge in [-0.1, -0.05) is 148 Å². The SMILES string of the molecule is CO[C@H]1CC(C)(C)C(/C=C/C(C)=C/C=C/C(C)=C/C=C/C=C(C)/C=C/C=C(C)/C=C/C2=C(C)C[C@@H](O)CC2(C)C)C(C)C1=O. The number of aliphatic hydroxyl groups excluding tert-OH is 1. The van der Waals surface area contributed by atoms with E-state index in [1.165, 1.54) is 27.9 Å². The van der Waals surface area contributed by atoms with Crippen molar-refractivity contribution in [3.05, 3.63) is 119 Å². The maximum atomic E-state index is 12.6. The maximum absolute atomic E-state index is 12.6. The van der Waals surface area contributed by atoms with Gasteiger partial charge in [-0.15, -0.1) is 0 Å². The zero-order chi connectivity index (χ0) is 33.1. The van der Waals surface area contributed by atoms with Crippen molar-refractivity contribution < 1.29 is 14.6 Å². The molecule has 3 nitrogen and oxygen atoms in total. The second-order valence-corrected chi connectivity index (χ2v) is 14.2. The minimum Gasteiger partial charge on any atom is -0.393 e. The summed E-state index contributed by atoms with van der Waals surface area (Å²) < 4.78 is 5.44. The predicted octanol–water partition coefficient (Wildman–Crippen LogP) is 10.3. The van der Waals surface area contributed by atoms with Crippen LogP contribution in [0.4, 0.5) is 0 Å². The van der Waals surface area contributed by atoms with E-state index >= 15 is 0 Å². The van der Waals surface area contributed by atoms with E-state index in [-0.39, 0.29) is 40.7 Å². The van der Waals surface area contributed by atoms with Crippen LogP contribution < -0.4 is 0 Å². The molecule has 0 saturated heterocycles. The molecule has 0 aliphatic heterocycles. The number of aliphatic hydroxyl groups is 1. The molecular formula is C41H58O3. The fraction of sp³-hybridized carbons (Fsp3) is 0.488. The van der Waals surface area contributed by atoms with Gasteiger partial charge in [0.25, 0.3) is 0 Å². The first kappa shape index (κ1) is 37.2. The van der Waals surface area contributed by atoms with Crippen LogP contribution in [0, 0.1) is 22.7 Å². The van der Waals surface area contributed by atoms with Gasteiger partial charge in [-0.25, -0.2) is 0 Å². The van der Waals surface area contributed by atoms with Crippen molar-refractivity contribution in [2.24, 2.45) is 22.7 Å². The average Bonchev–Trinajstić information content (AvgIpc) is 2.91. The number of hydrogen-bond acceptors (Lipinski definition) is 3. The normalized spacial score (nSPS) is 27.8. The summed E-state index contributed by atoms with van der Waals surface area (Å²) in [4.78, 5) is 12.6. The Labute approximate surface area is 268 Å². The first-order valence-electron chi connectivity index (χ1n) is 16.1. The molecule has 44 heavy (non-hydrogen) atoms. The van der Waals surface area contributed by atoms with Crippen LogP contribution in [0.5, 0.6) is 0 Å². The van der Waals surface area contributed by atoms with Gasteiger partial charge < -0.3 is 9.84 Å². The van der Waals surface area contributed by atoms with Gasteiger partial charge in [-0.05, 0) is 76.2 Å². The summed E-state index contributed by atoms with van der Waals surface area (Å²) in [5, 5.41) is 10.1. The standard InChI is InChI=1S/C41H58O3/c1-29(18-14-20-31(3)22-24-36-33(5)26-35(42)27-40(36,7)8)16-12-13-17-30(2)19-15-21-32(4)23-25-37-34(6)39(43)38(44-11)28-41(37,9)10/h12-25,34-35,37-38,42H,26-28H2,1-11H3/b13-12+,18-14+,19-15+,24-22+,25-23+,29-16+,30-17+,31-20+,32-21+/t34?,35-,37?,38+/m1/s1. The third-order valence-corrected chi connectivity index (χ3v) is 9.02. The molecule has 0 spiro atoms. The van der Waals surface area contributed by atoms with Gasteiger partial charge in [0.1, 0.15) is 6.10 Å². The summed E-state index contributed by atoms with van der Waals surface area (Å²) in [6, 6.07) is 0. The quantitative estimate of drug-likeness (QED) is 0.241. The lowest BCUT2D eigenvalue weighted by atomic mass is 9.62. The molecule has 0 bridgehead atoms. The highest BCUT2D eigenvalue weighted by Crippen LogP contribution is 2.44. The van der Waals surface area contributed by atoms with E-state index in [0.29, 0.717) is 0 Å². The Balaban J connectivity index is 1.91. The second kappa shape index (κ2) is 16.9. The van der Waals surface area contributed by atoms with Crippen molar-refractivity contribution in [1.29, 1.82) is 0 Å². The number of ketones is 1. The van der Waals surface area contributed by atoms with E-state index in [0.717, 1.165) is 24.8 Å². The summed E-state index contributed by atoms with van der Waals surface area (Å²) in [5.41, 5.74) is 7.33. The number of carbonyl (C=O) groups is 1. The van der Waals surface area contributed by atoms with Crippen LogP contribution in [-0.4, -0.2) is 30.2 Å². The van der Waals surface area contributed by atoms with Crippen molar-refractivity contribution in [3.63, 3.8) is 0 Å². The molecular weight excluding hydrogens is 540 g/mol. The first-order chi connectivity index (χ1) is 20.6. The van der Waals surface area contributed by atoms with Crippen LogP contribution in [-0.2, 0) is 9.53 Å². The van der Waals surface area contributed by atoms with Crippen molar-refractivity contribution in [2.45, 2.75) is 101 Å². The summed E-state index contributed by atoms with van der Waals surface area (Å²) in [6.07, 6.45) is 31.5. The van der Waals surface area contributed by atoms with Crippen LogP contribution in [0.3, 0.4) is 0 Å². The van der Waals surface area contributed by atoms with E-state index in [1.807, 2.05) is 6.92 Å². The minimum atomic E-state index is -0.289. The Morgan fingerprint density at radius 3 is 1.82 bits per heavy atom. The molecule has 0 aromatic carbocycles. The van der Waals surface area contributed by atoms with Gasteiger partial charge >= 0.3 is 0 Å². The number of hydrogen-bond donors (Lipinski definition) is 1. The third kappa shape index (κ3) is 11.5. The highest BCUT2D eigenvalue weighted by Gasteiger charge is 2.45. The minimum absolute atomic E-state index is 0.000497. The Morgan fingerprint density at radius 1 is 0.795 bits per heavy atom. The molecule has 0 radical (unpaired) electrons. The molecule has 3 heteroatoms. The van der Waals surface area contributed by atoms with Crippen LogP contribution in [0.2, 0.25) is 0 Å². The first-order valence-corrected chi connectivity index (χ1v) is 16.1. The molecule has 0 amide bonds. The molecule has 2 unspecified atom stereocenters. The molecule has 1 N–H and O–H groups in total. The van der Waals surface area contributed by atoms with Gasteiger partial charge in [-0.3, -0.25) is 4.79 Å². The van der Waals surface area contributed by atoms with Crippen LogP contribution in [0.25, 0.3) is 0 Å². The van der Waals surface area contributed by atoms with E-state index in [2.05, 4.69) is 147 Å². The number of allylic oxidation sites excluding steroid dienone is 19. The lowest BCUT2D eigenvalue weighted by molar-refractivity contribution is -0.143. The number of rotatable bonds is 11. The van der Waals surface area contributed by atoms with Gasteiger partial charge in [0.15, 0.2) is 5.78 Å². The van der Waals surface area contributed by atoms with E-state index < -0.39 is 0 Å². The van der Waals surface area contributed by atoms with Crippen molar-refractivity contribution in [2.75, 3.05) is 7.11 Å². The fourth-order valence-electron chi connectivity index (χ4n) is 6.48. The molecule has 2 aliphatic rings. The number of ether oxygens (including phenoxy) is 1. The van der Waals surface area contributed by atoms with E-state index in [4.69, 9.17) is 4.74 Å². The second-order valence-electron chi connectivity index (χ2n) is 14.2. The van der Waals surface area contributed by atoms with Crippen molar-refractivity contribution >= 4 is 5.78 Å². The van der Waals surface area contributed by atoms with Gasteiger partial charge in [0.2, 0.25) is 0 Å². The molecule has 2 aliphatic carbocycles. The third-order valence-electron chi connectivity index (χ3n) is 9.02.